The van der Waals surface area contributed by atoms with Gasteiger partial charge in [0.15, 0.2) is 5.96 Å². The maximum absolute atomic E-state index is 4.41. The number of hydrogen-bond donors (Lipinski definition) is 3. The zero-order chi connectivity index (χ0) is 14.5. The summed E-state index contributed by atoms with van der Waals surface area (Å²) >= 11 is 0. The second-order valence-electron chi connectivity index (χ2n) is 5.36. The molecule has 110 valence electrons. The fraction of sp³-hybridized carbons (Fsp3) is 0.375. The Morgan fingerprint density at radius 3 is 2.81 bits per heavy atom. The van der Waals surface area contributed by atoms with E-state index in [0.717, 1.165) is 35.5 Å². The molecule has 1 aromatic heterocycles. The predicted molar refractivity (Wildman–Crippen MR) is 84.9 cm³/mol. The summed E-state index contributed by atoms with van der Waals surface area (Å²) in [6.45, 7) is 1.64. The molecule has 0 bridgehead atoms. The third-order valence-electron chi connectivity index (χ3n) is 3.62. The van der Waals surface area contributed by atoms with Crippen LogP contribution in [0.3, 0.4) is 0 Å². The highest BCUT2D eigenvalue weighted by atomic mass is 15.2. The van der Waals surface area contributed by atoms with Crippen LogP contribution in [-0.2, 0) is 6.54 Å². The standard InChI is InChI=1S/C16H21N5/c1-17-16(19-9-12-7-8-12)20-11-15-18-10-14(21-15)13-5-3-2-4-6-13/h2-6,10,12H,7-9,11H2,1H3,(H,18,21)(H2,17,19,20). The summed E-state index contributed by atoms with van der Waals surface area (Å²) in [7, 11) is 1.79. The van der Waals surface area contributed by atoms with Crippen LogP contribution >= 0.6 is 0 Å². The van der Waals surface area contributed by atoms with Crippen LogP contribution in [0.2, 0.25) is 0 Å². The highest BCUT2D eigenvalue weighted by Crippen LogP contribution is 2.27. The zero-order valence-electron chi connectivity index (χ0n) is 12.3. The predicted octanol–water partition coefficient (Wildman–Crippen LogP) is 2.15. The molecular weight excluding hydrogens is 262 g/mol. The van der Waals surface area contributed by atoms with E-state index in [1.54, 1.807) is 7.05 Å². The largest absolute Gasteiger partial charge is 0.356 e. The molecule has 0 atom stereocenters. The molecule has 1 aliphatic carbocycles. The van der Waals surface area contributed by atoms with Gasteiger partial charge < -0.3 is 15.6 Å². The topological polar surface area (TPSA) is 65.1 Å². The van der Waals surface area contributed by atoms with E-state index in [-0.39, 0.29) is 0 Å². The number of guanidine groups is 1. The van der Waals surface area contributed by atoms with E-state index in [4.69, 9.17) is 0 Å². The van der Waals surface area contributed by atoms with Crippen LogP contribution in [0.15, 0.2) is 41.5 Å². The fourth-order valence-electron chi connectivity index (χ4n) is 2.17. The lowest BCUT2D eigenvalue weighted by Gasteiger charge is -2.10. The molecule has 0 radical (unpaired) electrons. The van der Waals surface area contributed by atoms with Crippen LogP contribution < -0.4 is 10.6 Å². The van der Waals surface area contributed by atoms with Gasteiger partial charge in [0.2, 0.25) is 0 Å². The number of imidazole rings is 1. The van der Waals surface area contributed by atoms with Gasteiger partial charge in [0.05, 0.1) is 18.4 Å². The Morgan fingerprint density at radius 2 is 2.10 bits per heavy atom. The lowest BCUT2D eigenvalue weighted by Crippen LogP contribution is -2.38. The molecule has 2 aromatic rings. The maximum atomic E-state index is 4.41. The normalized spacial score (nSPS) is 15.0. The Bertz CT molecular complexity index is 598. The summed E-state index contributed by atoms with van der Waals surface area (Å²) in [5, 5.41) is 6.62. The van der Waals surface area contributed by atoms with Gasteiger partial charge in [0.25, 0.3) is 0 Å². The van der Waals surface area contributed by atoms with Crippen molar-refractivity contribution in [1.82, 2.24) is 20.6 Å². The van der Waals surface area contributed by atoms with Gasteiger partial charge in [-0.05, 0) is 24.3 Å². The number of benzene rings is 1. The molecule has 1 aliphatic rings. The molecule has 0 saturated heterocycles. The summed E-state index contributed by atoms with van der Waals surface area (Å²) in [5.74, 6) is 2.57. The molecule has 3 rings (SSSR count). The molecule has 0 aliphatic heterocycles. The molecule has 5 heteroatoms. The number of nitrogens with one attached hydrogen (secondary N) is 3. The van der Waals surface area contributed by atoms with Gasteiger partial charge in [-0.3, -0.25) is 4.99 Å². The van der Waals surface area contributed by atoms with E-state index in [0.29, 0.717) is 6.54 Å². The number of nitrogens with zero attached hydrogens (tertiary/aromatic N) is 2. The first kappa shape index (κ1) is 13.7. The van der Waals surface area contributed by atoms with E-state index in [2.05, 4.69) is 37.7 Å². The van der Waals surface area contributed by atoms with Crippen LogP contribution in [-0.4, -0.2) is 29.5 Å². The second-order valence-corrected chi connectivity index (χ2v) is 5.36. The minimum absolute atomic E-state index is 0.636. The minimum Gasteiger partial charge on any atom is -0.356 e. The van der Waals surface area contributed by atoms with E-state index in [9.17, 15) is 0 Å². The highest BCUT2D eigenvalue weighted by molar-refractivity contribution is 5.79. The smallest absolute Gasteiger partial charge is 0.191 e. The molecule has 1 heterocycles. The van der Waals surface area contributed by atoms with E-state index in [1.165, 1.54) is 12.8 Å². The first-order valence-corrected chi connectivity index (χ1v) is 7.39. The van der Waals surface area contributed by atoms with Gasteiger partial charge in [-0.15, -0.1) is 0 Å². The summed E-state index contributed by atoms with van der Waals surface area (Å²) in [6.07, 6.45) is 4.54. The molecule has 5 nitrogen and oxygen atoms in total. The van der Waals surface area contributed by atoms with E-state index in [1.807, 2.05) is 24.4 Å². The van der Waals surface area contributed by atoms with Crippen molar-refractivity contribution >= 4 is 5.96 Å². The average molecular weight is 283 g/mol. The molecular formula is C16H21N5. The molecule has 21 heavy (non-hydrogen) atoms. The minimum atomic E-state index is 0.636. The third kappa shape index (κ3) is 3.84. The van der Waals surface area contributed by atoms with Crippen LogP contribution in [0.25, 0.3) is 11.3 Å². The van der Waals surface area contributed by atoms with Gasteiger partial charge >= 0.3 is 0 Å². The number of aromatic amines is 1. The summed E-state index contributed by atoms with van der Waals surface area (Å²) in [5.41, 5.74) is 2.18. The Hall–Kier alpha value is -2.30. The van der Waals surface area contributed by atoms with Gasteiger partial charge in [-0.1, -0.05) is 30.3 Å². The van der Waals surface area contributed by atoms with Gasteiger partial charge in [-0.25, -0.2) is 4.98 Å². The Morgan fingerprint density at radius 1 is 1.29 bits per heavy atom. The van der Waals surface area contributed by atoms with Gasteiger partial charge in [0.1, 0.15) is 5.82 Å². The first-order valence-electron chi connectivity index (χ1n) is 7.39. The summed E-state index contributed by atoms with van der Waals surface area (Å²) in [4.78, 5) is 12.0. The molecule has 1 aromatic carbocycles. The first-order chi connectivity index (χ1) is 10.3. The van der Waals surface area contributed by atoms with E-state index >= 15 is 0 Å². The Balaban J connectivity index is 1.54. The van der Waals surface area contributed by atoms with E-state index < -0.39 is 0 Å². The van der Waals surface area contributed by atoms with Gasteiger partial charge in [-0.2, -0.15) is 0 Å². The van der Waals surface area contributed by atoms with Crippen molar-refractivity contribution in [3.63, 3.8) is 0 Å². The van der Waals surface area contributed by atoms with Crippen molar-refractivity contribution in [2.45, 2.75) is 19.4 Å². The third-order valence-corrected chi connectivity index (χ3v) is 3.62. The van der Waals surface area contributed by atoms with Crippen molar-refractivity contribution in [1.29, 1.82) is 0 Å². The average Bonchev–Trinajstić information content (AvgIpc) is 3.24. The molecule has 3 N–H and O–H groups in total. The number of aromatic nitrogens is 2. The Kier molecular flexibility index (Phi) is 4.19. The lowest BCUT2D eigenvalue weighted by molar-refractivity contribution is 0.729. The van der Waals surface area contributed by atoms with Gasteiger partial charge in [0, 0.05) is 13.6 Å². The van der Waals surface area contributed by atoms with Crippen molar-refractivity contribution in [2.24, 2.45) is 10.9 Å². The number of hydrogen-bond acceptors (Lipinski definition) is 2. The summed E-state index contributed by atoms with van der Waals surface area (Å²) < 4.78 is 0. The molecule has 0 unspecified atom stereocenters. The number of aliphatic imine (C=N–C) groups is 1. The molecule has 0 spiro atoms. The SMILES string of the molecule is CN=C(NCc1ncc(-c2ccccc2)[nH]1)NCC1CC1. The lowest BCUT2D eigenvalue weighted by atomic mass is 10.2. The monoisotopic (exact) mass is 283 g/mol. The zero-order valence-corrected chi connectivity index (χ0v) is 12.3. The van der Waals surface area contributed by atoms with Crippen LogP contribution in [0.5, 0.6) is 0 Å². The number of rotatable bonds is 5. The molecule has 0 amide bonds. The maximum Gasteiger partial charge on any atom is 0.191 e. The molecule has 1 fully saturated rings. The quantitative estimate of drug-likeness (QED) is 0.582. The van der Waals surface area contributed by atoms with Crippen molar-refractivity contribution < 1.29 is 0 Å². The highest BCUT2D eigenvalue weighted by Gasteiger charge is 2.21. The van der Waals surface area contributed by atoms with Crippen molar-refractivity contribution in [2.75, 3.05) is 13.6 Å². The number of H-pyrrole nitrogens is 1. The second kappa shape index (κ2) is 6.43. The van der Waals surface area contributed by atoms with Crippen molar-refractivity contribution in [3.05, 3.63) is 42.4 Å². The Labute approximate surface area is 124 Å². The van der Waals surface area contributed by atoms with Crippen LogP contribution in [0.4, 0.5) is 0 Å². The molecule has 1 saturated carbocycles. The fourth-order valence-corrected chi connectivity index (χ4v) is 2.17. The summed E-state index contributed by atoms with van der Waals surface area (Å²) in [6, 6.07) is 10.2. The van der Waals surface area contributed by atoms with Crippen molar-refractivity contribution in [3.8, 4) is 11.3 Å². The van der Waals surface area contributed by atoms with Crippen LogP contribution in [0.1, 0.15) is 18.7 Å². The van der Waals surface area contributed by atoms with Crippen LogP contribution in [0, 0.1) is 5.92 Å².